The van der Waals surface area contributed by atoms with Gasteiger partial charge >= 0.3 is 0 Å². The molecule has 0 aromatic heterocycles. The third kappa shape index (κ3) is 4.41. The van der Waals surface area contributed by atoms with Crippen LogP contribution in [0, 0.1) is 5.92 Å². The van der Waals surface area contributed by atoms with E-state index in [4.69, 9.17) is 4.74 Å². The standard InChI is InChI=1S/C17H27NO2/c1-13(19)12-17(14-6-4-3-5-7-14)18-15-8-10-16(20-2)11-9-15/h8-11,13-14,17-19H,3-7,12H2,1-2H3/t13-,17+/m1/s1. The van der Waals surface area contributed by atoms with E-state index in [1.807, 2.05) is 19.1 Å². The third-order valence-electron chi connectivity index (χ3n) is 4.26. The SMILES string of the molecule is COc1ccc(N[C@@H](C[C@@H](C)O)C2CCCCC2)cc1. The van der Waals surface area contributed by atoms with Crippen LogP contribution in [0.25, 0.3) is 0 Å². The molecule has 1 aromatic rings. The molecular formula is C17H27NO2. The number of aliphatic hydroxyl groups is 1. The van der Waals surface area contributed by atoms with E-state index in [1.165, 1.54) is 32.1 Å². The fraction of sp³-hybridized carbons (Fsp3) is 0.647. The highest BCUT2D eigenvalue weighted by atomic mass is 16.5. The molecule has 1 aliphatic rings. The van der Waals surface area contributed by atoms with Gasteiger partial charge in [-0.25, -0.2) is 0 Å². The number of ether oxygens (including phenoxy) is 1. The van der Waals surface area contributed by atoms with Crippen LogP contribution in [0.4, 0.5) is 5.69 Å². The fourth-order valence-corrected chi connectivity index (χ4v) is 3.17. The molecule has 1 fully saturated rings. The lowest BCUT2D eigenvalue weighted by Crippen LogP contribution is -2.33. The molecule has 2 rings (SSSR count). The Balaban J connectivity index is 2.01. The number of rotatable bonds is 6. The molecule has 0 heterocycles. The lowest BCUT2D eigenvalue weighted by molar-refractivity contribution is 0.159. The maximum Gasteiger partial charge on any atom is 0.119 e. The molecule has 0 bridgehead atoms. The van der Waals surface area contributed by atoms with Crippen molar-refractivity contribution >= 4 is 5.69 Å². The predicted octanol–water partition coefficient (Wildman–Crippen LogP) is 3.83. The quantitative estimate of drug-likeness (QED) is 0.830. The van der Waals surface area contributed by atoms with Gasteiger partial charge in [-0.15, -0.1) is 0 Å². The maximum absolute atomic E-state index is 9.75. The summed E-state index contributed by atoms with van der Waals surface area (Å²) in [7, 11) is 1.68. The lowest BCUT2D eigenvalue weighted by Gasteiger charge is -2.32. The zero-order valence-corrected chi connectivity index (χ0v) is 12.6. The molecule has 1 aliphatic carbocycles. The molecule has 2 N–H and O–H groups in total. The molecule has 112 valence electrons. The van der Waals surface area contributed by atoms with Crippen LogP contribution in [-0.2, 0) is 0 Å². The predicted molar refractivity (Wildman–Crippen MR) is 83.3 cm³/mol. The highest BCUT2D eigenvalue weighted by molar-refractivity contribution is 5.47. The Bertz CT molecular complexity index is 382. The molecule has 3 heteroatoms. The Morgan fingerprint density at radius 3 is 2.40 bits per heavy atom. The molecule has 1 aromatic carbocycles. The fourth-order valence-electron chi connectivity index (χ4n) is 3.17. The van der Waals surface area contributed by atoms with E-state index in [0.29, 0.717) is 12.0 Å². The third-order valence-corrected chi connectivity index (χ3v) is 4.26. The Labute approximate surface area is 122 Å². The van der Waals surface area contributed by atoms with Gasteiger partial charge in [-0.2, -0.15) is 0 Å². The van der Waals surface area contributed by atoms with Crippen LogP contribution in [-0.4, -0.2) is 24.4 Å². The highest BCUT2D eigenvalue weighted by Gasteiger charge is 2.24. The van der Waals surface area contributed by atoms with Gasteiger partial charge in [0.05, 0.1) is 13.2 Å². The van der Waals surface area contributed by atoms with E-state index >= 15 is 0 Å². The first-order valence-corrected chi connectivity index (χ1v) is 7.77. The monoisotopic (exact) mass is 277 g/mol. The summed E-state index contributed by atoms with van der Waals surface area (Å²) in [6.45, 7) is 1.88. The zero-order chi connectivity index (χ0) is 14.4. The lowest BCUT2D eigenvalue weighted by atomic mass is 9.82. The zero-order valence-electron chi connectivity index (χ0n) is 12.6. The summed E-state index contributed by atoms with van der Waals surface area (Å²) in [5, 5.41) is 13.4. The van der Waals surface area contributed by atoms with Gasteiger partial charge in [0.1, 0.15) is 5.75 Å². The molecule has 0 spiro atoms. The average molecular weight is 277 g/mol. The van der Waals surface area contributed by atoms with E-state index in [1.54, 1.807) is 7.11 Å². The molecule has 2 atom stereocenters. The maximum atomic E-state index is 9.75. The van der Waals surface area contributed by atoms with Gasteiger partial charge in [0.2, 0.25) is 0 Å². The summed E-state index contributed by atoms with van der Waals surface area (Å²) in [4.78, 5) is 0. The average Bonchev–Trinajstić information content (AvgIpc) is 2.48. The van der Waals surface area contributed by atoms with Crippen molar-refractivity contribution in [3.8, 4) is 5.75 Å². The summed E-state index contributed by atoms with van der Waals surface area (Å²) in [5.74, 6) is 1.56. The number of aliphatic hydroxyl groups excluding tert-OH is 1. The van der Waals surface area contributed by atoms with Gasteiger partial charge in [-0.1, -0.05) is 19.3 Å². The molecule has 1 saturated carbocycles. The minimum atomic E-state index is -0.257. The summed E-state index contributed by atoms with van der Waals surface area (Å²) in [6.07, 6.45) is 7.13. The van der Waals surface area contributed by atoms with Gasteiger partial charge < -0.3 is 15.2 Å². The van der Waals surface area contributed by atoms with Crippen molar-refractivity contribution < 1.29 is 9.84 Å². The largest absolute Gasteiger partial charge is 0.497 e. The van der Waals surface area contributed by atoms with Gasteiger partial charge in [0.25, 0.3) is 0 Å². The Morgan fingerprint density at radius 2 is 1.85 bits per heavy atom. The smallest absolute Gasteiger partial charge is 0.119 e. The molecular weight excluding hydrogens is 250 g/mol. The van der Waals surface area contributed by atoms with E-state index in [0.717, 1.165) is 17.9 Å². The van der Waals surface area contributed by atoms with Gasteiger partial charge in [-0.3, -0.25) is 0 Å². The van der Waals surface area contributed by atoms with E-state index < -0.39 is 0 Å². The van der Waals surface area contributed by atoms with Gasteiger partial charge in [-0.05, 0) is 56.4 Å². The minimum absolute atomic E-state index is 0.257. The van der Waals surface area contributed by atoms with Crippen LogP contribution in [0.2, 0.25) is 0 Å². The molecule has 0 aliphatic heterocycles. The Kier molecular flexibility index (Phi) is 5.72. The normalized spacial score (nSPS) is 19.4. The summed E-state index contributed by atoms with van der Waals surface area (Å²) < 4.78 is 5.19. The summed E-state index contributed by atoms with van der Waals surface area (Å²) in [5.41, 5.74) is 1.11. The number of benzene rings is 1. The molecule has 0 radical (unpaired) electrons. The first-order chi connectivity index (χ1) is 9.69. The number of hydrogen-bond acceptors (Lipinski definition) is 3. The second-order valence-electron chi connectivity index (χ2n) is 5.96. The van der Waals surface area contributed by atoms with Crippen LogP contribution in [0.5, 0.6) is 5.75 Å². The highest BCUT2D eigenvalue weighted by Crippen LogP contribution is 2.30. The van der Waals surface area contributed by atoms with Crippen molar-refractivity contribution in [1.82, 2.24) is 0 Å². The number of nitrogens with one attached hydrogen (secondary N) is 1. The van der Waals surface area contributed by atoms with Crippen molar-refractivity contribution in [2.45, 2.75) is 57.6 Å². The van der Waals surface area contributed by atoms with E-state index in [2.05, 4.69) is 17.4 Å². The molecule has 0 unspecified atom stereocenters. The van der Waals surface area contributed by atoms with Crippen LogP contribution < -0.4 is 10.1 Å². The van der Waals surface area contributed by atoms with Crippen LogP contribution in [0.1, 0.15) is 45.4 Å². The number of anilines is 1. The molecule has 20 heavy (non-hydrogen) atoms. The molecule has 0 saturated heterocycles. The van der Waals surface area contributed by atoms with E-state index in [-0.39, 0.29) is 6.10 Å². The second kappa shape index (κ2) is 7.53. The van der Waals surface area contributed by atoms with Crippen molar-refractivity contribution in [3.63, 3.8) is 0 Å². The summed E-state index contributed by atoms with van der Waals surface area (Å²) in [6, 6.07) is 8.42. The van der Waals surface area contributed by atoms with Crippen LogP contribution in [0.3, 0.4) is 0 Å². The van der Waals surface area contributed by atoms with Crippen molar-refractivity contribution in [2.75, 3.05) is 12.4 Å². The van der Waals surface area contributed by atoms with Crippen molar-refractivity contribution in [3.05, 3.63) is 24.3 Å². The first-order valence-electron chi connectivity index (χ1n) is 7.77. The van der Waals surface area contributed by atoms with Crippen LogP contribution in [0.15, 0.2) is 24.3 Å². The number of hydrogen-bond donors (Lipinski definition) is 2. The number of methoxy groups -OCH3 is 1. The van der Waals surface area contributed by atoms with Gasteiger partial charge in [0.15, 0.2) is 0 Å². The van der Waals surface area contributed by atoms with Crippen LogP contribution >= 0.6 is 0 Å². The topological polar surface area (TPSA) is 41.5 Å². The van der Waals surface area contributed by atoms with Gasteiger partial charge in [0, 0.05) is 11.7 Å². The van der Waals surface area contributed by atoms with E-state index in [9.17, 15) is 5.11 Å². The summed E-state index contributed by atoms with van der Waals surface area (Å²) >= 11 is 0. The molecule has 0 amide bonds. The Morgan fingerprint density at radius 1 is 1.20 bits per heavy atom. The molecule has 3 nitrogen and oxygen atoms in total. The van der Waals surface area contributed by atoms with Crippen molar-refractivity contribution in [2.24, 2.45) is 5.92 Å². The first kappa shape index (κ1) is 15.2. The minimum Gasteiger partial charge on any atom is -0.497 e. The van der Waals surface area contributed by atoms with Crippen molar-refractivity contribution in [1.29, 1.82) is 0 Å². The second-order valence-corrected chi connectivity index (χ2v) is 5.96. The Hall–Kier alpha value is -1.22.